The van der Waals surface area contributed by atoms with Crippen LogP contribution in [0, 0.1) is 5.41 Å². The molecular formula is C12H23NO3. The second kappa shape index (κ2) is 6.21. The Morgan fingerprint density at radius 3 is 2.50 bits per heavy atom. The molecule has 0 aromatic rings. The molecule has 0 aromatic carbocycles. The third-order valence-corrected chi connectivity index (χ3v) is 3.21. The Labute approximate surface area is 97.6 Å². The number of hydrogen-bond donors (Lipinski definition) is 1. The summed E-state index contributed by atoms with van der Waals surface area (Å²) in [5.74, 6) is -0.695. The molecule has 1 heterocycles. The van der Waals surface area contributed by atoms with Crippen molar-refractivity contribution in [3.05, 3.63) is 0 Å². The van der Waals surface area contributed by atoms with Crippen LogP contribution in [0.1, 0.15) is 33.1 Å². The summed E-state index contributed by atoms with van der Waals surface area (Å²) in [5.41, 5.74) is -0.578. The van der Waals surface area contributed by atoms with Gasteiger partial charge in [0.1, 0.15) is 0 Å². The van der Waals surface area contributed by atoms with Crippen LogP contribution in [0.25, 0.3) is 0 Å². The van der Waals surface area contributed by atoms with Gasteiger partial charge in [0.2, 0.25) is 0 Å². The lowest BCUT2D eigenvalue weighted by Gasteiger charge is -2.27. The molecule has 0 saturated carbocycles. The second-order valence-corrected chi connectivity index (χ2v) is 5.10. The van der Waals surface area contributed by atoms with Crippen molar-refractivity contribution in [1.82, 2.24) is 4.90 Å². The highest BCUT2D eigenvalue weighted by Crippen LogP contribution is 2.23. The predicted octanol–water partition coefficient (Wildman–Crippen LogP) is 1.60. The van der Waals surface area contributed by atoms with Crippen LogP contribution in [0.3, 0.4) is 0 Å². The van der Waals surface area contributed by atoms with E-state index in [0.717, 1.165) is 52.1 Å². The van der Waals surface area contributed by atoms with Crippen LogP contribution in [0.4, 0.5) is 0 Å². The van der Waals surface area contributed by atoms with Crippen molar-refractivity contribution in [3.8, 4) is 0 Å². The third-order valence-electron chi connectivity index (χ3n) is 3.21. The van der Waals surface area contributed by atoms with Crippen molar-refractivity contribution in [1.29, 1.82) is 0 Å². The van der Waals surface area contributed by atoms with E-state index >= 15 is 0 Å². The molecule has 0 aliphatic carbocycles. The number of nitrogens with zero attached hydrogens (tertiary/aromatic N) is 1. The fraction of sp³-hybridized carbons (Fsp3) is 0.917. The van der Waals surface area contributed by atoms with Crippen LogP contribution in [0.2, 0.25) is 0 Å². The molecule has 0 radical (unpaired) electrons. The molecule has 16 heavy (non-hydrogen) atoms. The maximum absolute atomic E-state index is 10.9. The minimum absolute atomic E-state index is 0.578. The SMILES string of the molecule is CC(C)(CCCCN1CCOCC1)C(=O)O. The van der Waals surface area contributed by atoms with Crippen molar-refractivity contribution >= 4 is 5.97 Å². The molecule has 1 aliphatic rings. The molecule has 4 nitrogen and oxygen atoms in total. The molecule has 0 aromatic heterocycles. The monoisotopic (exact) mass is 229 g/mol. The van der Waals surface area contributed by atoms with E-state index in [1.54, 1.807) is 13.8 Å². The van der Waals surface area contributed by atoms with E-state index in [9.17, 15) is 4.79 Å². The Bertz CT molecular complexity index is 222. The molecule has 0 unspecified atom stereocenters. The highest BCUT2D eigenvalue weighted by Gasteiger charge is 2.26. The quantitative estimate of drug-likeness (QED) is 0.703. The van der Waals surface area contributed by atoms with Gasteiger partial charge >= 0.3 is 5.97 Å². The molecule has 94 valence electrons. The lowest BCUT2D eigenvalue weighted by molar-refractivity contribution is -0.147. The number of unbranched alkanes of at least 4 members (excludes halogenated alkanes) is 1. The second-order valence-electron chi connectivity index (χ2n) is 5.10. The summed E-state index contributed by atoms with van der Waals surface area (Å²) in [6, 6.07) is 0. The first-order chi connectivity index (χ1) is 7.52. The zero-order chi connectivity index (χ0) is 12.0. The van der Waals surface area contributed by atoms with Gasteiger partial charge in [0.05, 0.1) is 18.6 Å². The Hall–Kier alpha value is -0.610. The molecular weight excluding hydrogens is 206 g/mol. The Morgan fingerprint density at radius 2 is 1.94 bits per heavy atom. The summed E-state index contributed by atoms with van der Waals surface area (Å²) in [5, 5.41) is 8.96. The lowest BCUT2D eigenvalue weighted by Crippen LogP contribution is -2.36. The molecule has 1 N–H and O–H groups in total. The van der Waals surface area contributed by atoms with Crippen LogP contribution in [0.5, 0.6) is 0 Å². The molecule has 0 spiro atoms. The summed E-state index contributed by atoms with van der Waals surface area (Å²) in [7, 11) is 0. The highest BCUT2D eigenvalue weighted by atomic mass is 16.5. The number of ether oxygens (including phenoxy) is 1. The van der Waals surface area contributed by atoms with Gasteiger partial charge in [-0.2, -0.15) is 0 Å². The van der Waals surface area contributed by atoms with Crippen LogP contribution in [0.15, 0.2) is 0 Å². The Balaban J connectivity index is 2.09. The average Bonchev–Trinajstić information content (AvgIpc) is 2.26. The molecule has 0 atom stereocenters. The van der Waals surface area contributed by atoms with Gasteiger partial charge in [0.15, 0.2) is 0 Å². The van der Waals surface area contributed by atoms with Gasteiger partial charge in [-0.3, -0.25) is 9.69 Å². The number of carbonyl (C=O) groups is 1. The summed E-state index contributed by atoms with van der Waals surface area (Å²) < 4.78 is 5.27. The van der Waals surface area contributed by atoms with Crippen molar-refractivity contribution in [3.63, 3.8) is 0 Å². The number of morpholine rings is 1. The fourth-order valence-corrected chi connectivity index (χ4v) is 1.83. The zero-order valence-corrected chi connectivity index (χ0v) is 10.4. The molecule has 0 bridgehead atoms. The van der Waals surface area contributed by atoms with E-state index in [2.05, 4.69) is 4.90 Å². The van der Waals surface area contributed by atoms with Gasteiger partial charge in [0, 0.05) is 13.1 Å². The maximum Gasteiger partial charge on any atom is 0.309 e. The minimum Gasteiger partial charge on any atom is -0.481 e. The molecule has 1 rings (SSSR count). The van der Waals surface area contributed by atoms with Gasteiger partial charge < -0.3 is 9.84 Å². The standard InChI is InChI=1S/C12H23NO3/c1-12(2,11(14)15)5-3-4-6-13-7-9-16-10-8-13/h3-10H2,1-2H3,(H,14,15). The summed E-state index contributed by atoms with van der Waals surface area (Å²) in [6.07, 6.45) is 2.82. The van der Waals surface area contributed by atoms with Gasteiger partial charge in [-0.1, -0.05) is 6.42 Å². The Morgan fingerprint density at radius 1 is 1.31 bits per heavy atom. The Kier molecular flexibility index (Phi) is 5.22. The van der Waals surface area contributed by atoms with Crippen molar-refractivity contribution in [2.24, 2.45) is 5.41 Å². The number of hydrogen-bond acceptors (Lipinski definition) is 3. The van der Waals surface area contributed by atoms with Gasteiger partial charge in [-0.25, -0.2) is 0 Å². The van der Waals surface area contributed by atoms with Crippen LogP contribution < -0.4 is 0 Å². The first-order valence-electron chi connectivity index (χ1n) is 6.06. The normalized spacial score (nSPS) is 18.6. The topological polar surface area (TPSA) is 49.8 Å². The number of carboxylic acid groups (broad SMARTS) is 1. The van der Waals surface area contributed by atoms with Gasteiger partial charge in [0.25, 0.3) is 0 Å². The first-order valence-corrected chi connectivity index (χ1v) is 6.06. The molecule has 1 saturated heterocycles. The molecule has 1 aliphatic heterocycles. The third kappa shape index (κ3) is 4.49. The van der Waals surface area contributed by atoms with E-state index in [1.807, 2.05) is 0 Å². The minimum atomic E-state index is -0.695. The molecule has 1 fully saturated rings. The van der Waals surface area contributed by atoms with Gasteiger partial charge in [-0.15, -0.1) is 0 Å². The summed E-state index contributed by atoms with van der Waals surface area (Å²) in [6.45, 7) is 8.36. The molecule has 0 amide bonds. The summed E-state index contributed by atoms with van der Waals surface area (Å²) >= 11 is 0. The van der Waals surface area contributed by atoms with E-state index in [1.165, 1.54) is 0 Å². The van der Waals surface area contributed by atoms with Crippen molar-refractivity contribution in [2.45, 2.75) is 33.1 Å². The van der Waals surface area contributed by atoms with Gasteiger partial charge in [-0.05, 0) is 33.2 Å². The fourth-order valence-electron chi connectivity index (χ4n) is 1.83. The van der Waals surface area contributed by atoms with Crippen LogP contribution >= 0.6 is 0 Å². The van der Waals surface area contributed by atoms with E-state index in [4.69, 9.17) is 9.84 Å². The number of aliphatic carboxylic acids is 1. The van der Waals surface area contributed by atoms with E-state index < -0.39 is 11.4 Å². The first kappa shape index (κ1) is 13.5. The maximum atomic E-state index is 10.9. The average molecular weight is 229 g/mol. The van der Waals surface area contributed by atoms with Crippen molar-refractivity contribution in [2.75, 3.05) is 32.8 Å². The van der Waals surface area contributed by atoms with E-state index in [-0.39, 0.29) is 0 Å². The summed E-state index contributed by atoms with van der Waals surface area (Å²) in [4.78, 5) is 13.3. The van der Waals surface area contributed by atoms with Crippen molar-refractivity contribution < 1.29 is 14.6 Å². The number of carboxylic acids is 1. The lowest BCUT2D eigenvalue weighted by atomic mass is 9.87. The number of rotatable bonds is 6. The smallest absolute Gasteiger partial charge is 0.309 e. The predicted molar refractivity (Wildman–Crippen MR) is 62.5 cm³/mol. The van der Waals surface area contributed by atoms with E-state index in [0.29, 0.717) is 0 Å². The zero-order valence-electron chi connectivity index (χ0n) is 10.4. The van der Waals surface area contributed by atoms with Crippen LogP contribution in [-0.2, 0) is 9.53 Å². The molecule has 4 heteroatoms. The highest BCUT2D eigenvalue weighted by molar-refractivity contribution is 5.73. The largest absolute Gasteiger partial charge is 0.481 e. The van der Waals surface area contributed by atoms with Crippen LogP contribution in [-0.4, -0.2) is 48.8 Å².